The van der Waals surface area contributed by atoms with Crippen LogP contribution in [-0.4, -0.2) is 65.2 Å². The van der Waals surface area contributed by atoms with Gasteiger partial charge in [0, 0.05) is 30.1 Å². The largest absolute Gasteiger partial charge is 0.361 e. The quantitative estimate of drug-likeness (QED) is 0.433. The van der Waals surface area contributed by atoms with Crippen LogP contribution < -0.4 is 16.0 Å². The molecule has 0 bridgehead atoms. The van der Waals surface area contributed by atoms with Crippen LogP contribution in [0.15, 0.2) is 60.8 Å². The lowest BCUT2D eigenvalue weighted by molar-refractivity contribution is -0.140. The van der Waals surface area contributed by atoms with E-state index < -0.39 is 29.8 Å². The Bertz CT molecular complexity index is 1220. The molecule has 2 aromatic carbocycles. The van der Waals surface area contributed by atoms with Gasteiger partial charge in [0.15, 0.2) is 0 Å². The summed E-state index contributed by atoms with van der Waals surface area (Å²) in [6, 6.07) is 16.0. The lowest BCUT2D eigenvalue weighted by Crippen LogP contribution is -2.56. The SMILES string of the molecule is CCCN1CC(=O)N[C@@H](Cc2ccccc2)C(=O)NCC(=O)N[C@@H](C)C1=O.Cc1c[nH]c2ccccc12. The molecule has 2 heterocycles. The Balaban J connectivity index is 0.000000313. The van der Waals surface area contributed by atoms with Gasteiger partial charge in [-0.15, -0.1) is 0 Å². The maximum atomic E-state index is 12.5. The van der Waals surface area contributed by atoms with Crippen LogP contribution in [0.25, 0.3) is 10.9 Å². The molecule has 37 heavy (non-hydrogen) atoms. The van der Waals surface area contributed by atoms with Crippen LogP contribution in [-0.2, 0) is 25.6 Å². The standard InChI is InChI=1S/C19H26N4O4.C9H9N/c1-3-9-23-12-17(25)22-15(10-14-7-5-4-6-8-14)18(26)20-11-16(24)21-13(2)19(23)27;1-7-6-10-9-5-3-2-4-8(7)9/h4-8,13,15H,3,9-12H2,1-2H3,(H,20,26)(H,21,24)(H,22,25);2-6,10H,1H3/t13-,15-;/m0./s1. The fourth-order valence-corrected chi connectivity index (χ4v) is 4.14. The van der Waals surface area contributed by atoms with Crippen LogP contribution in [0, 0.1) is 6.92 Å². The highest BCUT2D eigenvalue weighted by Gasteiger charge is 2.28. The number of hydrogen-bond acceptors (Lipinski definition) is 4. The number of fused-ring (bicyclic) bond motifs is 1. The normalized spacial score (nSPS) is 19.1. The van der Waals surface area contributed by atoms with E-state index in [1.54, 1.807) is 6.92 Å². The second kappa shape index (κ2) is 13.2. The molecule has 1 saturated heterocycles. The number of benzene rings is 2. The zero-order chi connectivity index (χ0) is 26.8. The van der Waals surface area contributed by atoms with Gasteiger partial charge < -0.3 is 25.8 Å². The van der Waals surface area contributed by atoms with Gasteiger partial charge in [-0.3, -0.25) is 19.2 Å². The minimum atomic E-state index is -0.830. The molecule has 0 radical (unpaired) electrons. The first kappa shape index (κ1) is 27.4. The molecule has 9 heteroatoms. The number of carbonyl (C=O) groups excluding carboxylic acids is 4. The summed E-state index contributed by atoms with van der Waals surface area (Å²) in [4.78, 5) is 54.1. The topological polar surface area (TPSA) is 123 Å². The lowest BCUT2D eigenvalue weighted by Gasteiger charge is -2.27. The molecule has 9 nitrogen and oxygen atoms in total. The molecule has 4 rings (SSSR count). The van der Waals surface area contributed by atoms with Gasteiger partial charge in [0.05, 0.1) is 13.1 Å². The van der Waals surface area contributed by atoms with Crippen molar-refractivity contribution in [2.75, 3.05) is 19.6 Å². The van der Waals surface area contributed by atoms with E-state index in [0.29, 0.717) is 13.0 Å². The first-order valence-corrected chi connectivity index (χ1v) is 12.5. The first-order valence-electron chi connectivity index (χ1n) is 12.5. The molecule has 1 fully saturated rings. The number of nitrogens with one attached hydrogen (secondary N) is 4. The third-order valence-corrected chi connectivity index (χ3v) is 6.04. The van der Waals surface area contributed by atoms with Crippen molar-refractivity contribution in [2.45, 2.75) is 45.7 Å². The van der Waals surface area contributed by atoms with Crippen molar-refractivity contribution in [1.82, 2.24) is 25.8 Å². The Morgan fingerprint density at radius 2 is 1.62 bits per heavy atom. The Hall–Kier alpha value is -4.14. The molecule has 0 aliphatic carbocycles. The number of hydrogen-bond donors (Lipinski definition) is 4. The van der Waals surface area contributed by atoms with Gasteiger partial charge in [-0.2, -0.15) is 0 Å². The van der Waals surface area contributed by atoms with Gasteiger partial charge in [-0.25, -0.2) is 0 Å². The monoisotopic (exact) mass is 505 g/mol. The highest BCUT2D eigenvalue weighted by Crippen LogP contribution is 2.15. The van der Waals surface area contributed by atoms with Gasteiger partial charge in [0.2, 0.25) is 23.6 Å². The molecule has 1 aliphatic rings. The fourth-order valence-electron chi connectivity index (χ4n) is 4.14. The van der Waals surface area contributed by atoms with E-state index in [1.807, 2.05) is 49.5 Å². The molecule has 4 N–H and O–H groups in total. The minimum absolute atomic E-state index is 0.161. The smallest absolute Gasteiger partial charge is 0.245 e. The first-order chi connectivity index (χ1) is 17.8. The molecular formula is C28H35N5O4. The van der Waals surface area contributed by atoms with Crippen LogP contribution in [0.5, 0.6) is 0 Å². The van der Waals surface area contributed by atoms with E-state index in [9.17, 15) is 19.2 Å². The molecule has 0 spiro atoms. The number of H-pyrrole nitrogens is 1. The maximum Gasteiger partial charge on any atom is 0.245 e. The van der Waals surface area contributed by atoms with Gasteiger partial charge in [-0.05, 0) is 37.5 Å². The van der Waals surface area contributed by atoms with E-state index in [-0.39, 0.29) is 25.4 Å². The van der Waals surface area contributed by atoms with Crippen LogP contribution >= 0.6 is 0 Å². The van der Waals surface area contributed by atoms with E-state index in [2.05, 4.69) is 46.1 Å². The predicted molar refractivity (Wildman–Crippen MR) is 143 cm³/mol. The molecule has 3 aromatic rings. The van der Waals surface area contributed by atoms with Crippen LogP contribution in [0.1, 0.15) is 31.4 Å². The van der Waals surface area contributed by atoms with Crippen LogP contribution in [0.3, 0.4) is 0 Å². The van der Waals surface area contributed by atoms with Gasteiger partial charge in [0.25, 0.3) is 0 Å². The van der Waals surface area contributed by atoms with Crippen molar-refractivity contribution in [3.8, 4) is 0 Å². The third-order valence-electron chi connectivity index (χ3n) is 6.04. The summed E-state index contributed by atoms with van der Waals surface area (Å²) in [5.41, 5.74) is 3.42. The third kappa shape index (κ3) is 7.93. The average Bonchev–Trinajstić information content (AvgIpc) is 3.27. The number of aryl methyl sites for hydroxylation is 1. The zero-order valence-electron chi connectivity index (χ0n) is 21.5. The fraction of sp³-hybridized carbons (Fsp3) is 0.357. The van der Waals surface area contributed by atoms with Gasteiger partial charge in [0.1, 0.15) is 12.1 Å². The molecule has 0 unspecified atom stereocenters. The number of para-hydroxylation sites is 1. The highest BCUT2D eigenvalue weighted by molar-refractivity contribution is 5.95. The summed E-state index contributed by atoms with van der Waals surface area (Å²) in [6.07, 6.45) is 3.00. The molecule has 1 aromatic heterocycles. The number of carbonyl (C=O) groups is 4. The van der Waals surface area contributed by atoms with Crippen molar-refractivity contribution >= 4 is 34.5 Å². The van der Waals surface area contributed by atoms with Crippen molar-refractivity contribution in [1.29, 1.82) is 0 Å². The Labute approximate surface area is 217 Å². The summed E-state index contributed by atoms with van der Waals surface area (Å²) < 4.78 is 0. The number of aromatic nitrogens is 1. The summed E-state index contributed by atoms with van der Waals surface area (Å²) in [5.74, 6) is -1.63. The molecule has 2 atom stereocenters. The van der Waals surface area contributed by atoms with Crippen molar-refractivity contribution in [2.24, 2.45) is 0 Å². The number of rotatable bonds is 4. The van der Waals surface area contributed by atoms with E-state index in [1.165, 1.54) is 21.4 Å². The Kier molecular flexibility index (Phi) is 9.83. The van der Waals surface area contributed by atoms with Gasteiger partial charge in [-0.1, -0.05) is 55.5 Å². The van der Waals surface area contributed by atoms with Gasteiger partial charge >= 0.3 is 0 Å². The van der Waals surface area contributed by atoms with E-state index >= 15 is 0 Å². The summed E-state index contributed by atoms with van der Waals surface area (Å²) in [7, 11) is 0. The highest BCUT2D eigenvalue weighted by atomic mass is 16.2. The molecule has 196 valence electrons. The predicted octanol–water partition coefficient (Wildman–Crippen LogP) is 2.06. The Morgan fingerprint density at radius 3 is 2.32 bits per heavy atom. The average molecular weight is 506 g/mol. The van der Waals surface area contributed by atoms with Crippen molar-refractivity contribution in [3.63, 3.8) is 0 Å². The summed E-state index contributed by atoms with van der Waals surface area (Å²) in [5, 5.41) is 9.10. The Morgan fingerprint density at radius 1 is 0.919 bits per heavy atom. The van der Waals surface area contributed by atoms with Crippen molar-refractivity contribution in [3.05, 3.63) is 71.9 Å². The molecular weight excluding hydrogens is 470 g/mol. The number of nitrogens with zero attached hydrogens (tertiary/aromatic N) is 1. The maximum absolute atomic E-state index is 12.5. The summed E-state index contributed by atoms with van der Waals surface area (Å²) in [6.45, 7) is 5.54. The van der Waals surface area contributed by atoms with Crippen molar-refractivity contribution < 1.29 is 19.2 Å². The summed E-state index contributed by atoms with van der Waals surface area (Å²) >= 11 is 0. The number of aromatic amines is 1. The second-order valence-electron chi connectivity index (χ2n) is 9.09. The second-order valence-corrected chi connectivity index (χ2v) is 9.09. The molecule has 1 aliphatic heterocycles. The molecule has 4 amide bonds. The lowest BCUT2D eigenvalue weighted by atomic mass is 10.0. The van der Waals surface area contributed by atoms with Crippen LogP contribution in [0.2, 0.25) is 0 Å². The zero-order valence-corrected chi connectivity index (χ0v) is 21.5. The number of amides is 4. The minimum Gasteiger partial charge on any atom is -0.361 e. The molecule has 0 saturated carbocycles. The van der Waals surface area contributed by atoms with Crippen LogP contribution in [0.4, 0.5) is 0 Å². The van der Waals surface area contributed by atoms with E-state index in [0.717, 1.165) is 5.56 Å². The van der Waals surface area contributed by atoms with E-state index in [4.69, 9.17) is 0 Å².